The summed E-state index contributed by atoms with van der Waals surface area (Å²) in [5, 5.41) is 0. The molecule has 0 heterocycles. The summed E-state index contributed by atoms with van der Waals surface area (Å²) in [7, 11) is 1.39. The lowest BCUT2D eigenvalue weighted by atomic mass is 10.8. The first-order chi connectivity index (χ1) is 2.77. The second-order valence-electron chi connectivity index (χ2n) is 0.862. The maximum absolute atomic E-state index is 9.81. The molecule has 0 aromatic carbocycles. The summed E-state index contributed by atoms with van der Waals surface area (Å²) < 4.78 is 0. The van der Waals surface area contributed by atoms with Gasteiger partial charge < -0.3 is 0 Å². The van der Waals surface area contributed by atoms with Gasteiger partial charge in [-0.2, -0.15) is 13.5 Å². The third-order valence-corrected chi connectivity index (χ3v) is 0.246. The summed E-state index contributed by atoms with van der Waals surface area (Å²) in [4.78, 5) is 14.0. The predicted molar refractivity (Wildman–Crippen MR) is 31.2 cm³/mol. The molecule has 0 atom stereocenters. The highest BCUT2D eigenvalue weighted by molar-refractivity contribution is 7.59. The molecular weight excluding hydrogens is 114 g/mol. The van der Waals surface area contributed by atoms with Crippen molar-refractivity contribution in [1.82, 2.24) is 5.48 Å². The molecule has 0 aromatic rings. The van der Waals surface area contributed by atoms with Crippen LogP contribution in [0.25, 0.3) is 0 Å². The van der Waals surface area contributed by atoms with E-state index >= 15 is 0 Å². The Kier molecular flexibility index (Phi) is 8.19. The van der Waals surface area contributed by atoms with E-state index in [0.29, 0.717) is 0 Å². The molecular formula is C3H9NO2S. The molecule has 0 fully saturated rings. The summed E-state index contributed by atoms with van der Waals surface area (Å²) in [5.74, 6) is -0.183. The van der Waals surface area contributed by atoms with E-state index in [1.54, 1.807) is 0 Å². The van der Waals surface area contributed by atoms with E-state index in [-0.39, 0.29) is 19.4 Å². The predicted octanol–water partition coefficient (Wildman–Crippen LogP) is -0.203. The molecule has 1 N–H and O–H groups in total. The van der Waals surface area contributed by atoms with Crippen molar-refractivity contribution < 1.29 is 9.63 Å². The molecule has 0 aliphatic carbocycles. The minimum Gasteiger partial charge on any atom is -0.277 e. The van der Waals surface area contributed by atoms with Gasteiger partial charge in [0, 0.05) is 6.92 Å². The number of carbonyl (C=O) groups is 1. The number of nitrogens with one attached hydrogen (secondary N) is 1. The summed E-state index contributed by atoms with van der Waals surface area (Å²) in [6, 6.07) is 0. The van der Waals surface area contributed by atoms with Crippen LogP contribution in [-0.4, -0.2) is 13.0 Å². The third-order valence-electron chi connectivity index (χ3n) is 0.246. The van der Waals surface area contributed by atoms with Crippen molar-refractivity contribution in [2.75, 3.05) is 7.11 Å². The Morgan fingerprint density at radius 3 is 2.14 bits per heavy atom. The molecule has 0 spiro atoms. The average molecular weight is 123 g/mol. The smallest absolute Gasteiger partial charge is 0.240 e. The number of hydrogen-bond acceptors (Lipinski definition) is 2. The Morgan fingerprint density at radius 2 is 2.14 bits per heavy atom. The van der Waals surface area contributed by atoms with Crippen LogP contribution in [0.1, 0.15) is 6.92 Å². The molecule has 0 aliphatic rings. The Labute approximate surface area is 49.4 Å². The summed E-state index contributed by atoms with van der Waals surface area (Å²) in [5.41, 5.74) is 2.07. The standard InChI is InChI=1S/C3H7NO2.H2S/c1-3(5)4-6-2;/h1-2H3,(H,4,5);1H2. The SMILES string of the molecule is CONC(C)=O.S. The van der Waals surface area contributed by atoms with Crippen molar-refractivity contribution in [3.05, 3.63) is 0 Å². The molecule has 0 saturated carbocycles. The van der Waals surface area contributed by atoms with Gasteiger partial charge in [-0.3, -0.25) is 9.63 Å². The van der Waals surface area contributed by atoms with Crippen LogP contribution in [0.5, 0.6) is 0 Å². The van der Waals surface area contributed by atoms with Crippen LogP contribution < -0.4 is 5.48 Å². The van der Waals surface area contributed by atoms with Crippen molar-refractivity contribution in [3.63, 3.8) is 0 Å². The van der Waals surface area contributed by atoms with Gasteiger partial charge in [0.15, 0.2) is 0 Å². The largest absolute Gasteiger partial charge is 0.277 e. The van der Waals surface area contributed by atoms with Gasteiger partial charge in [0.25, 0.3) is 0 Å². The summed E-state index contributed by atoms with van der Waals surface area (Å²) in [6.07, 6.45) is 0. The second kappa shape index (κ2) is 5.78. The van der Waals surface area contributed by atoms with Gasteiger partial charge in [0.1, 0.15) is 0 Å². The van der Waals surface area contributed by atoms with Crippen molar-refractivity contribution in [2.24, 2.45) is 0 Å². The van der Waals surface area contributed by atoms with Crippen LogP contribution >= 0.6 is 13.5 Å². The quantitative estimate of drug-likeness (QED) is 0.490. The number of carbonyl (C=O) groups excluding carboxylic acids is 1. The minimum atomic E-state index is -0.183. The van der Waals surface area contributed by atoms with E-state index in [1.165, 1.54) is 14.0 Å². The van der Waals surface area contributed by atoms with Crippen LogP contribution in [0.15, 0.2) is 0 Å². The number of hydroxylamine groups is 1. The highest BCUT2D eigenvalue weighted by Crippen LogP contribution is 1.53. The van der Waals surface area contributed by atoms with Gasteiger partial charge in [-0.15, -0.1) is 0 Å². The van der Waals surface area contributed by atoms with Gasteiger partial charge in [0.05, 0.1) is 7.11 Å². The third kappa shape index (κ3) is 10.7. The molecule has 0 bridgehead atoms. The van der Waals surface area contributed by atoms with Crippen LogP contribution in [-0.2, 0) is 9.63 Å². The summed E-state index contributed by atoms with van der Waals surface area (Å²) in [6.45, 7) is 1.38. The molecule has 0 saturated heterocycles. The molecule has 0 radical (unpaired) electrons. The fourth-order valence-electron chi connectivity index (χ4n) is 0.144. The molecule has 3 nitrogen and oxygen atoms in total. The van der Waals surface area contributed by atoms with E-state index in [9.17, 15) is 4.79 Å². The first-order valence-corrected chi connectivity index (χ1v) is 1.57. The molecule has 7 heavy (non-hydrogen) atoms. The van der Waals surface area contributed by atoms with Crippen molar-refractivity contribution in [1.29, 1.82) is 0 Å². The molecule has 4 heteroatoms. The Hall–Kier alpha value is -0.220. The molecule has 1 amide bonds. The van der Waals surface area contributed by atoms with Gasteiger partial charge in [0.2, 0.25) is 5.91 Å². The Morgan fingerprint density at radius 1 is 1.71 bits per heavy atom. The Balaban J connectivity index is 0. The Bertz CT molecular complexity index is 56.9. The zero-order valence-electron chi connectivity index (χ0n) is 4.32. The van der Waals surface area contributed by atoms with Crippen LogP contribution in [0.2, 0.25) is 0 Å². The lowest BCUT2D eigenvalue weighted by Crippen LogP contribution is -2.17. The van der Waals surface area contributed by atoms with Gasteiger partial charge in [-0.1, -0.05) is 0 Å². The van der Waals surface area contributed by atoms with Gasteiger partial charge in [-0.05, 0) is 0 Å². The van der Waals surface area contributed by atoms with E-state index in [1.807, 2.05) is 0 Å². The molecule has 0 aliphatic heterocycles. The van der Waals surface area contributed by atoms with Crippen molar-refractivity contribution >= 4 is 19.4 Å². The normalized spacial score (nSPS) is 6.57. The van der Waals surface area contributed by atoms with E-state index < -0.39 is 0 Å². The first kappa shape index (κ1) is 9.91. The fraction of sp³-hybridized carbons (Fsp3) is 0.667. The summed E-state index contributed by atoms with van der Waals surface area (Å²) >= 11 is 0. The highest BCUT2D eigenvalue weighted by Gasteiger charge is 1.79. The number of rotatable bonds is 1. The molecule has 0 aromatic heterocycles. The van der Waals surface area contributed by atoms with Gasteiger partial charge in [-0.25, -0.2) is 5.48 Å². The zero-order chi connectivity index (χ0) is 4.99. The van der Waals surface area contributed by atoms with Crippen LogP contribution in [0, 0.1) is 0 Å². The molecule has 44 valence electrons. The maximum atomic E-state index is 9.81. The monoisotopic (exact) mass is 123 g/mol. The van der Waals surface area contributed by atoms with Crippen molar-refractivity contribution in [3.8, 4) is 0 Å². The van der Waals surface area contributed by atoms with E-state index in [0.717, 1.165) is 0 Å². The van der Waals surface area contributed by atoms with Crippen LogP contribution in [0.3, 0.4) is 0 Å². The second-order valence-corrected chi connectivity index (χ2v) is 0.862. The zero-order valence-corrected chi connectivity index (χ0v) is 5.32. The number of amides is 1. The fourth-order valence-corrected chi connectivity index (χ4v) is 0.144. The lowest BCUT2D eigenvalue weighted by molar-refractivity contribution is -0.128. The average Bonchev–Trinajstić information content (AvgIpc) is 1.35. The van der Waals surface area contributed by atoms with Crippen molar-refractivity contribution in [2.45, 2.75) is 6.92 Å². The van der Waals surface area contributed by atoms with E-state index in [4.69, 9.17) is 0 Å². The van der Waals surface area contributed by atoms with Gasteiger partial charge >= 0.3 is 0 Å². The maximum Gasteiger partial charge on any atom is 0.240 e. The lowest BCUT2D eigenvalue weighted by Gasteiger charge is -1.90. The minimum absolute atomic E-state index is 0. The topological polar surface area (TPSA) is 38.3 Å². The highest BCUT2D eigenvalue weighted by atomic mass is 32.1. The van der Waals surface area contributed by atoms with E-state index in [2.05, 4.69) is 10.3 Å². The molecule has 0 rings (SSSR count). The molecule has 0 unspecified atom stereocenters. The first-order valence-electron chi connectivity index (χ1n) is 1.57. The van der Waals surface area contributed by atoms with Crippen LogP contribution in [0.4, 0.5) is 0 Å². The number of hydrogen-bond donors (Lipinski definition) is 1.